The minimum Gasteiger partial charge on any atom is -0.368 e. The van der Waals surface area contributed by atoms with E-state index in [9.17, 15) is 9.18 Å². The highest BCUT2D eigenvalue weighted by Gasteiger charge is 2.22. The van der Waals surface area contributed by atoms with Crippen molar-refractivity contribution in [1.82, 2.24) is 15.0 Å². The molecule has 1 amide bonds. The van der Waals surface area contributed by atoms with Crippen molar-refractivity contribution in [2.24, 2.45) is 0 Å². The van der Waals surface area contributed by atoms with Gasteiger partial charge in [0.1, 0.15) is 5.82 Å². The molecule has 1 aliphatic rings. The van der Waals surface area contributed by atoms with E-state index in [4.69, 9.17) is 16.1 Å². The molecule has 1 aliphatic heterocycles. The van der Waals surface area contributed by atoms with E-state index in [0.717, 1.165) is 18.8 Å². The molecule has 4 rings (SSSR count). The number of carbonyl (C=O) groups is 1. The number of amides is 1. The number of anilines is 1. The van der Waals surface area contributed by atoms with Crippen LogP contribution >= 0.6 is 11.6 Å². The van der Waals surface area contributed by atoms with E-state index < -0.39 is 5.82 Å². The highest BCUT2D eigenvalue weighted by molar-refractivity contribution is 6.30. The van der Waals surface area contributed by atoms with Crippen LogP contribution in [0.5, 0.6) is 0 Å². The van der Waals surface area contributed by atoms with Crippen LogP contribution in [0.4, 0.5) is 10.1 Å². The van der Waals surface area contributed by atoms with Crippen LogP contribution in [-0.4, -0.2) is 47.1 Å². The van der Waals surface area contributed by atoms with Crippen LogP contribution in [0.3, 0.4) is 0 Å². The van der Waals surface area contributed by atoms with Crippen molar-refractivity contribution < 1.29 is 13.7 Å². The predicted octanol–water partition coefficient (Wildman–Crippen LogP) is 3.81. The van der Waals surface area contributed by atoms with Crippen molar-refractivity contribution in [3.63, 3.8) is 0 Å². The van der Waals surface area contributed by atoms with E-state index in [1.807, 2.05) is 29.2 Å². The summed E-state index contributed by atoms with van der Waals surface area (Å²) >= 11 is 6.06. The van der Waals surface area contributed by atoms with Gasteiger partial charge in [-0.05, 0) is 30.3 Å². The zero-order valence-corrected chi connectivity index (χ0v) is 16.5. The highest BCUT2D eigenvalue weighted by atomic mass is 35.5. The molecule has 0 atom stereocenters. The highest BCUT2D eigenvalue weighted by Crippen LogP contribution is 2.22. The van der Waals surface area contributed by atoms with Gasteiger partial charge in [-0.2, -0.15) is 4.98 Å². The Kier molecular flexibility index (Phi) is 5.76. The number of aryl methyl sites for hydroxylation is 1. The first-order valence-electron chi connectivity index (χ1n) is 9.46. The summed E-state index contributed by atoms with van der Waals surface area (Å²) in [5.41, 5.74) is 1.35. The number of piperazine rings is 1. The number of nitrogens with zero attached hydrogens (tertiary/aromatic N) is 4. The predicted molar refractivity (Wildman–Crippen MR) is 108 cm³/mol. The number of carbonyl (C=O) groups excluding carboxylic acids is 1. The molecule has 2 aromatic carbocycles. The first-order valence-corrected chi connectivity index (χ1v) is 9.84. The smallest absolute Gasteiger partial charge is 0.227 e. The van der Waals surface area contributed by atoms with E-state index in [2.05, 4.69) is 15.0 Å². The molecule has 8 heteroatoms. The van der Waals surface area contributed by atoms with Crippen molar-refractivity contribution in [2.75, 3.05) is 31.1 Å². The van der Waals surface area contributed by atoms with Gasteiger partial charge in [-0.15, -0.1) is 0 Å². The molecule has 0 radical (unpaired) electrons. The Morgan fingerprint density at radius 3 is 2.66 bits per heavy atom. The first kappa shape index (κ1) is 19.4. The van der Waals surface area contributed by atoms with Gasteiger partial charge in [0.05, 0.1) is 5.56 Å². The summed E-state index contributed by atoms with van der Waals surface area (Å²) in [5.74, 6) is 0.157. The quantitative estimate of drug-likeness (QED) is 0.635. The average Bonchev–Trinajstić information content (AvgIpc) is 3.21. The second-order valence-electron chi connectivity index (χ2n) is 6.84. The maximum absolute atomic E-state index is 13.8. The lowest BCUT2D eigenvalue weighted by atomic mass is 10.2. The molecular weight excluding hydrogens is 395 g/mol. The molecule has 6 nitrogen and oxygen atoms in total. The first-order chi connectivity index (χ1) is 14.1. The summed E-state index contributed by atoms with van der Waals surface area (Å²) < 4.78 is 19.0. The molecule has 0 spiro atoms. The molecule has 0 N–H and O–H groups in total. The van der Waals surface area contributed by atoms with Crippen LogP contribution in [0, 0.1) is 5.82 Å². The third-order valence-corrected chi connectivity index (χ3v) is 5.18. The summed E-state index contributed by atoms with van der Waals surface area (Å²) in [6.07, 6.45) is 0.602. The van der Waals surface area contributed by atoms with Crippen molar-refractivity contribution in [2.45, 2.75) is 12.8 Å². The van der Waals surface area contributed by atoms with Crippen LogP contribution in [0.15, 0.2) is 53.1 Å². The van der Waals surface area contributed by atoms with Crippen LogP contribution in [0.1, 0.15) is 12.3 Å². The van der Waals surface area contributed by atoms with Gasteiger partial charge < -0.3 is 14.3 Å². The van der Waals surface area contributed by atoms with Crippen LogP contribution in [-0.2, 0) is 11.2 Å². The minimum absolute atomic E-state index is 0.0429. The number of hydrogen-bond donors (Lipinski definition) is 0. The normalized spacial score (nSPS) is 14.3. The van der Waals surface area contributed by atoms with Gasteiger partial charge in [-0.3, -0.25) is 4.79 Å². The Hall–Kier alpha value is -2.93. The molecule has 0 unspecified atom stereocenters. The fourth-order valence-electron chi connectivity index (χ4n) is 3.37. The summed E-state index contributed by atoms with van der Waals surface area (Å²) in [7, 11) is 0. The van der Waals surface area contributed by atoms with Gasteiger partial charge in [-0.1, -0.05) is 35.0 Å². The molecule has 1 aromatic heterocycles. The summed E-state index contributed by atoms with van der Waals surface area (Å²) in [6.45, 7) is 2.81. The Labute approximate surface area is 172 Å². The van der Waals surface area contributed by atoms with Gasteiger partial charge >= 0.3 is 0 Å². The fraction of sp³-hybridized carbons (Fsp3) is 0.286. The third kappa shape index (κ3) is 4.56. The molecule has 150 valence electrons. The van der Waals surface area contributed by atoms with Gasteiger partial charge in [0.15, 0.2) is 0 Å². The lowest BCUT2D eigenvalue weighted by Crippen LogP contribution is -2.48. The molecule has 0 bridgehead atoms. The minimum atomic E-state index is -0.409. The molecule has 1 saturated heterocycles. The Bertz CT molecular complexity index is 1000. The van der Waals surface area contributed by atoms with Crippen molar-refractivity contribution >= 4 is 23.2 Å². The SMILES string of the molecule is O=C(CCc1nc(-c2ccccc2F)no1)N1CCN(c2cccc(Cl)c2)CC1. The monoisotopic (exact) mass is 414 g/mol. The number of hydrogen-bond acceptors (Lipinski definition) is 5. The standard InChI is InChI=1S/C21H20ClFN4O2/c22-15-4-3-5-16(14-15)26-10-12-27(13-11-26)20(28)9-8-19-24-21(25-29-19)17-6-1-2-7-18(17)23/h1-7,14H,8-13H2. The Morgan fingerprint density at radius 1 is 1.10 bits per heavy atom. The molecule has 0 saturated carbocycles. The molecule has 3 aromatic rings. The van der Waals surface area contributed by atoms with E-state index >= 15 is 0 Å². The number of benzene rings is 2. The van der Waals surface area contributed by atoms with Crippen molar-refractivity contribution in [1.29, 1.82) is 0 Å². The lowest BCUT2D eigenvalue weighted by Gasteiger charge is -2.36. The molecule has 29 heavy (non-hydrogen) atoms. The Balaban J connectivity index is 1.29. The fourth-order valence-corrected chi connectivity index (χ4v) is 3.55. The topological polar surface area (TPSA) is 62.5 Å². The third-order valence-electron chi connectivity index (χ3n) is 4.94. The van der Waals surface area contributed by atoms with Gasteiger partial charge in [0.25, 0.3) is 0 Å². The van der Waals surface area contributed by atoms with Gasteiger partial charge in [0.2, 0.25) is 17.6 Å². The lowest BCUT2D eigenvalue weighted by molar-refractivity contribution is -0.131. The number of aromatic nitrogens is 2. The van der Waals surface area contributed by atoms with E-state index in [1.165, 1.54) is 6.07 Å². The summed E-state index contributed by atoms with van der Waals surface area (Å²) in [5, 5.41) is 4.52. The van der Waals surface area contributed by atoms with Crippen LogP contribution in [0.2, 0.25) is 5.02 Å². The maximum Gasteiger partial charge on any atom is 0.227 e. The van der Waals surface area contributed by atoms with E-state index in [0.29, 0.717) is 30.4 Å². The Morgan fingerprint density at radius 2 is 1.90 bits per heavy atom. The van der Waals surface area contributed by atoms with Gasteiger partial charge in [-0.25, -0.2) is 4.39 Å². The van der Waals surface area contributed by atoms with Crippen molar-refractivity contribution in [3.05, 3.63) is 65.3 Å². The molecule has 0 aliphatic carbocycles. The largest absolute Gasteiger partial charge is 0.368 e. The second kappa shape index (κ2) is 8.61. The van der Waals surface area contributed by atoms with Gasteiger partial charge in [0, 0.05) is 49.7 Å². The van der Waals surface area contributed by atoms with Crippen LogP contribution < -0.4 is 4.90 Å². The second-order valence-corrected chi connectivity index (χ2v) is 7.28. The molecule has 1 fully saturated rings. The molecule has 2 heterocycles. The van der Waals surface area contributed by atoms with Crippen molar-refractivity contribution in [3.8, 4) is 11.4 Å². The molecular formula is C21H20ClFN4O2. The number of rotatable bonds is 5. The number of halogens is 2. The van der Waals surface area contributed by atoms with E-state index in [1.54, 1.807) is 18.2 Å². The van der Waals surface area contributed by atoms with E-state index in [-0.39, 0.29) is 23.7 Å². The summed E-state index contributed by atoms with van der Waals surface area (Å²) in [4.78, 5) is 20.8. The summed E-state index contributed by atoms with van der Waals surface area (Å²) in [6, 6.07) is 14.0. The van der Waals surface area contributed by atoms with Crippen LogP contribution in [0.25, 0.3) is 11.4 Å². The maximum atomic E-state index is 13.8. The zero-order valence-electron chi connectivity index (χ0n) is 15.7. The zero-order chi connectivity index (χ0) is 20.2. The average molecular weight is 415 g/mol.